The zero-order valence-electron chi connectivity index (χ0n) is 10.4. The minimum absolute atomic E-state index is 0.336. The van der Waals surface area contributed by atoms with E-state index in [0.717, 1.165) is 38.1 Å². The van der Waals surface area contributed by atoms with Gasteiger partial charge in [-0.1, -0.05) is 18.2 Å². The first-order valence-corrected chi connectivity index (χ1v) is 6.37. The van der Waals surface area contributed by atoms with Crippen LogP contribution >= 0.6 is 0 Å². The molecule has 0 unspecified atom stereocenters. The van der Waals surface area contributed by atoms with Crippen molar-refractivity contribution >= 4 is 5.97 Å². The van der Waals surface area contributed by atoms with Crippen molar-refractivity contribution < 1.29 is 14.6 Å². The molecule has 1 saturated heterocycles. The van der Waals surface area contributed by atoms with E-state index in [1.54, 1.807) is 12.1 Å². The number of ether oxygens (including phenoxy) is 1. The van der Waals surface area contributed by atoms with Crippen molar-refractivity contribution in [3.8, 4) is 0 Å². The van der Waals surface area contributed by atoms with E-state index >= 15 is 0 Å². The summed E-state index contributed by atoms with van der Waals surface area (Å²) in [6.07, 6.45) is 2.28. The molecular weight excluding hydrogens is 230 g/mol. The average molecular weight is 249 g/mol. The molecule has 1 aromatic carbocycles. The van der Waals surface area contributed by atoms with Crippen LogP contribution in [-0.2, 0) is 11.3 Å². The van der Waals surface area contributed by atoms with Gasteiger partial charge in [0, 0.05) is 6.61 Å². The Kier molecular flexibility index (Phi) is 4.73. The molecule has 4 heteroatoms. The van der Waals surface area contributed by atoms with Gasteiger partial charge in [0.1, 0.15) is 0 Å². The van der Waals surface area contributed by atoms with Gasteiger partial charge >= 0.3 is 5.97 Å². The lowest BCUT2D eigenvalue weighted by Crippen LogP contribution is -2.29. The summed E-state index contributed by atoms with van der Waals surface area (Å²) in [5.41, 5.74) is 1.08. The molecule has 0 spiro atoms. The summed E-state index contributed by atoms with van der Waals surface area (Å²) in [5.74, 6) is -0.292. The summed E-state index contributed by atoms with van der Waals surface area (Å²) in [6, 6.07) is 7.01. The molecule has 0 amide bonds. The largest absolute Gasteiger partial charge is 0.478 e. The second-order valence-corrected chi connectivity index (χ2v) is 4.67. The topological polar surface area (TPSA) is 58.6 Å². The van der Waals surface area contributed by atoms with E-state index < -0.39 is 5.97 Å². The number of rotatable bonds is 5. The number of benzene rings is 1. The van der Waals surface area contributed by atoms with Crippen molar-refractivity contribution in [3.63, 3.8) is 0 Å². The molecule has 0 radical (unpaired) electrons. The number of carboxylic acids is 1. The number of hydrogen-bond donors (Lipinski definition) is 2. The van der Waals surface area contributed by atoms with Crippen LogP contribution in [0.5, 0.6) is 0 Å². The summed E-state index contributed by atoms with van der Waals surface area (Å²) < 4.78 is 5.66. The maximum Gasteiger partial charge on any atom is 0.336 e. The summed E-state index contributed by atoms with van der Waals surface area (Å²) in [6.45, 7) is 3.21. The van der Waals surface area contributed by atoms with E-state index in [1.165, 1.54) is 0 Å². The van der Waals surface area contributed by atoms with E-state index in [4.69, 9.17) is 9.84 Å². The highest BCUT2D eigenvalue weighted by Gasteiger charge is 2.14. The number of aromatic carboxylic acids is 1. The Bertz CT molecular complexity index is 400. The van der Waals surface area contributed by atoms with Crippen LogP contribution in [-0.4, -0.2) is 30.8 Å². The van der Waals surface area contributed by atoms with Crippen molar-refractivity contribution in [2.24, 2.45) is 5.92 Å². The Labute approximate surface area is 107 Å². The van der Waals surface area contributed by atoms with E-state index in [1.807, 2.05) is 12.1 Å². The third-order valence-electron chi connectivity index (χ3n) is 3.32. The number of piperidine rings is 1. The maximum absolute atomic E-state index is 11.0. The first-order valence-electron chi connectivity index (χ1n) is 6.37. The minimum atomic E-state index is -0.893. The van der Waals surface area contributed by atoms with Gasteiger partial charge in [-0.3, -0.25) is 0 Å². The van der Waals surface area contributed by atoms with Gasteiger partial charge in [0.2, 0.25) is 0 Å². The van der Waals surface area contributed by atoms with Crippen LogP contribution in [0.2, 0.25) is 0 Å². The molecule has 18 heavy (non-hydrogen) atoms. The van der Waals surface area contributed by atoms with Gasteiger partial charge in [0.05, 0.1) is 12.2 Å². The van der Waals surface area contributed by atoms with Crippen molar-refractivity contribution in [3.05, 3.63) is 35.4 Å². The minimum Gasteiger partial charge on any atom is -0.478 e. The summed E-state index contributed by atoms with van der Waals surface area (Å²) >= 11 is 0. The molecule has 2 N–H and O–H groups in total. The van der Waals surface area contributed by atoms with Gasteiger partial charge in [0.25, 0.3) is 0 Å². The fraction of sp³-hybridized carbons (Fsp3) is 0.500. The van der Waals surface area contributed by atoms with Crippen LogP contribution in [0.1, 0.15) is 28.8 Å². The molecule has 0 bridgehead atoms. The zero-order valence-corrected chi connectivity index (χ0v) is 10.4. The molecular formula is C14H19NO3. The van der Waals surface area contributed by atoms with Crippen LogP contribution in [0.15, 0.2) is 24.3 Å². The highest BCUT2D eigenvalue weighted by Crippen LogP contribution is 2.14. The Hall–Kier alpha value is -1.39. The Morgan fingerprint density at radius 1 is 1.33 bits per heavy atom. The predicted octanol–water partition coefficient (Wildman–Crippen LogP) is 1.90. The second-order valence-electron chi connectivity index (χ2n) is 4.67. The van der Waals surface area contributed by atoms with Crippen LogP contribution in [0, 0.1) is 5.92 Å². The molecule has 1 aliphatic heterocycles. The van der Waals surface area contributed by atoms with E-state index in [0.29, 0.717) is 18.1 Å². The van der Waals surface area contributed by atoms with Gasteiger partial charge in [-0.05, 0) is 43.5 Å². The normalized spacial score (nSPS) is 16.7. The fourth-order valence-corrected chi connectivity index (χ4v) is 2.24. The van der Waals surface area contributed by atoms with Gasteiger partial charge in [-0.2, -0.15) is 0 Å². The standard InChI is InChI=1S/C14H19NO3/c16-14(17)13-4-2-1-3-12(13)10-18-9-11-5-7-15-8-6-11/h1-4,11,15H,5-10H2,(H,16,17). The summed E-state index contributed by atoms with van der Waals surface area (Å²) in [7, 11) is 0. The number of hydrogen-bond acceptors (Lipinski definition) is 3. The summed E-state index contributed by atoms with van der Waals surface area (Å²) in [4.78, 5) is 11.0. The smallest absolute Gasteiger partial charge is 0.336 e. The third-order valence-corrected chi connectivity index (χ3v) is 3.32. The average Bonchev–Trinajstić information content (AvgIpc) is 2.40. The molecule has 1 fully saturated rings. The maximum atomic E-state index is 11.0. The van der Waals surface area contributed by atoms with Gasteiger partial charge in [-0.25, -0.2) is 4.79 Å². The lowest BCUT2D eigenvalue weighted by Gasteiger charge is -2.22. The fourth-order valence-electron chi connectivity index (χ4n) is 2.24. The van der Waals surface area contributed by atoms with Gasteiger partial charge < -0.3 is 15.2 Å². The van der Waals surface area contributed by atoms with E-state index in [2.05, 4.69) is 5.32 Å². The predicted molar refractivity (Wildman–Crippen MR) is 68.7 cm³/mol. The number of nitrogens with one attached hydrogen (secondary N) is 1. The molecule has 0 aromatic heterocycles. The highest BCUT2D eigenvalue weighted by atomic mass is 16.5. The molecule has 0 saturated carbocycles. The molecule has 1 aromatic rings. The lowest BCUT2D eigenvalue weighted by molar-refractivity contribution is 0.0659. The van der Waals surface area contributed by atoms with Crippen molar-refractivity contribution in [1.82, 2.24) is 5.32 Å². The molecule has 2 rings (SSSR count). The van der Waals surface area contributed by atoms with Crippen LogP contribution in [0.4, 0.5) is 0 Å². The van der Waals surface area contributed by atoms with Gasteiger partial charge in [-0.15, -0.1) is 0 Å². The Morgan fingerprint density at radius 2 is 2.06 bits per heavy atom. The number of carboxylic acid groups (broad SMARTS) is 1. The summed E-state index contributed by atoms with van der Waals surface area (Å²) in [5, 5.41) is 12.4. The molecule has 1 aliphatic rings. The molecule has 0 atom stereocenters. The lowest BCUT2D eigenvalue weighted by atomic mass is 9.99. The second kappa shape index (κ2) is 6.52. The monoisotopic (exact) mass is 249 g/mol. The molecule has 1 heterocycles. The van der Waals surface area contributed by atoms with E-state index in [9.17, 15) is 4.79 Å². The first kappa shape index (κ1) is 13.1. The SMILES string of the molecule is O=C(O)c1ccccc1COCC1CCNCC1. The first-order chi connectivity index (χ1) is 8.77. The van der Waals surface area contributed by atoms with Crippen molar-refractivity contribution in [1.29, 1.82) is 0 Å². The van der Waals surface area contributed by atoms with Crippen LogP contribution in [0.25, 0.3) is 0 Å². The van der Waals surface area contributed by atoms with Crippen molar-refractivity contribution in [2.75, 3.05) is 19.7 Å². The Morgan fingerprint density at radius 3 is 2.78 bits per heavy atom. The third kappa shape index (κ3) is 3.55. The quantitative estimate of drug-likeness (QED) is 0.836. The van der Waals surface area contributed by atoms with Gasteiger partial charge in [0.15, 0.2) is 0 Å². The Balaban J connectivity index is 1.84. The highest BCUT2D eigenvalue weighted by molar-refractivity contribution is 5.89. The van der Waals surface area contributed by atoms with Crippen LogP contribution < -0.4 is 5.32 Å². The van der Waals surface area contributed by atoms with Crippen molar-refractivity contribution in [2.45, 2.75) is 19.4 Å². The molecule has 98 valence electrons. The molecule has 0 aliphatic carbocycles. The van der Waals surface area contributed by atoms with Crippen LogP contribution in [0.3, 0.4) is 0 Å². The zero-order chi connectivity index (χ0) is 12.8. The molecule has 4 nitrogen and oxygen atoms in total. The van der Waals surface area contributed by atoms with E-state index in [-0.39, 0.29) is 0 Å². The number of carbonyl (C=O) groups is 1.